The van der Waals surface area contributed by atoms with Crippen molar-refractivity contribution in [3.05, 3.63) is 0 Å². The maximum absolute atomic E-state index is 11.6. The van der Waals surface area contributed by atoms with Crippen LogP contribution in [0.15, 0.2) is 0 Å². The topological polar surface area (TPSA) is 46.5 Å². The molecule has 0 aromatic heterocycles. The second-order valence-corrected chi connectivity index (χ2v) is 6.27. The van der Waals surface area contributed by atoms with Crippen LogP contribution in [0.3, 0.4) is 0 Å². The molecule has 0 heterocycles. The van der Waals surface area contributed by atoms with Gasteiger partial charge in [0.15, 0.2) is 0 Å². The number of hydrogen-bond donors (Lipinski definition) is 1. The van der Waals surface area contributed by atoms with Crippen LogP contribution in [0, 0.1) is 23.2 Å². The van der Waals surface area contributed by atoms with Gasteiger partial charge in [0.2, 0.25) is 0 Å². The van der Waals surface area contributed by atoms with E-state index >= 15 is 0 Å². The van der Waals surface area contributed by atoms with Crippen LogP contribution in [0.2, 0.25) is 0 Å². The van der Waals surface area contributed by atoms with Crippen molar-refractivity contribution in [3.8, 4) is 0 Å². The highest BCUT2D eigenvalue weighted by molar-refractivity contribution is 5.72. The van der Waals surface area contributed by atoms with Crippen molar-refractivity contribution >= 4 is 5.97 Å². The highest BCUT2D eigenvalue weighted by Gasteiger charge is 2.36. The van der Waals surface area contributed by atoms with E-state index in [0.717, 1.165) is 18.8 Å². The van der Waals surface area contributed by atoms with Gasteiger partial charge in [0.25, 0.3) is 0 Å². The summed E-state index contributed by atoms with van der Waals surface area (Å²) in [4.78, 5) is 11.6. The Morgan fingerprint density at radius 1 is 1.33 bits per heavy atom. The Labute approximate surface area is 111 Å². The van der Waals surface area contributed by atoms with Crippen LogP contribution in [0.5, 0.6) is 0 Å². The molecule has 1 aliphatic carbocycles. The van der Waals surface area contributed by atoms with Crippen LogP contribution >= 0.6 is 0 Å². The highest BCUT2D eigenvalue weighted by Crippen LogP contribution is 2.43. The maximum atomic E-state index is 11.6. The van der Waals surface area contributed by atoms with Crippen molar-refractivity contribution < 1.29 is 14.6 Å². The number of aliphatic hydroxyl groups excluding tert-OH is 1. The summed E-state index contributed by atoms with van der Waals surface area (Å²) >= 11 is 0. The largest absolute Gasteiger partial charge is 0.469 e. The van der Waals surface area contributed by atoms with Gasteiger partial charge in [-0.2, -0.15) is 0 Å². The van der Waals surface area contributed by atoms with E-state index in [4.69, 9.17) is 4.74 Å². The van der Waals surface area contributed by atoms with Crippen molar-refractivity contribution in [2.24, 2.45) is 23.2 Å². The number of hydrogen-bond acceptors (Lipinski definition) is 3. The molecule has 18 heavy (non-hydrogen) atoms. The summed E-state index contributed by atoms with van der Waals surface area (Å²) in [7, 11) is 1.40. The molecular weight excluding hydrogens is 228 g/mol. The van der Waals surface area contributed by atoms with Crippen LogP contribution < -0.4 is 0 Å². The van der Waals surface area contributed by atoms with Gasteiger partial charge in [-0.1, -0.05) is 27.2 Å². The molecule has 1 saturated carbocycles. The number of ether oxygens (including phenoxy) is 1. The summed E-state index contributed by atoms with van der Waals surface area (Å²) in [6.07, 6.45) is 5.60. The third-order valence-corrected chi connectivity index (χ3v) is 5.06. The van der Waals surface area contributed by atoms with Gasteiger partial charge >= 0.3 is 5.97 Å². The SMILES string of the molecule is CCC(C)(C)C1CCC(C(CO)C(=O)OC)CC1. The van der Waals surface area contributed by atoms with Crippen molar-refractivity contribution in [2.45, 2.75) is 52.9 Å². The first-order valence-electron chi connectivity index (χ1n) is 7.15. The van der Waals surface area contributed by atoms with Crippen molar-refractivity contribution in [2.75, 3.05) is 13.7 Å². The Morgan fingerprint density at radius 3 is 2.28 bits per heavy atom. The minimum atomic E-state index is -0.319. The van der Waals surface area contributed by atoms with Gasteiger partial charge in [-0.15, -0.1) is 0 Å². The molecule has 1 N–H and O–H groups in total. The third kappa shape index (κ3) is 3.47. The lowest BCUT2D eigenvalue weighted by Gasteiger charge is -2.40. The quantitative estimate of drug-likeness (QED) is 0.769. The lowest BCUT2D eigenvalue weighted by Crippen LogP contribution is -2.34. The van der Waals surface area contributed by atoms with Gasteiger partial charge < -0.3 is 9.84 Å². The Hall–Kier alpha value is -0.570. The van der Waals surface area contributed by atoms with Crippen molar-refractivity contribution in [1.82, 2.24) is 0 Å². The molecule has 0 bridgehead atoms. The first-order chi connectivity index (χ1) is 8.46. The van der Waals surface area contributed by atoms with Gasteiger partial charge in [0.1, 0.15) is 0 Å². The highest BCUT2D eigenvalue weighted by atomic mass is 16.5. The molecule has 0 aromatic rings. The van der Waals surface area contributed by atoms with E-state index in [1.165, 1.54) is 26.4 Å². The zero-order valence-corrected chi connectivity index (χ0v) is 12.2. The summed E-state index contributed by atoms with van der Waals surface area (Å²) < 4.78 is 4.77. The second-order valence-electron chi connectivity index (χ2n) is 6.27. The Balaban J connectivity index is 2.55. The number of carbonyl (C=O) groups excluding carboxylic acids is 1. The Morgan fingerprint density at radius 2 is 1.89 bits per heavy atom. The first kappa shape index (κ1) is 15.5. The average Bonchev–Trinajstić information content (AvgIpc) is 2.40. The summed E-state index contributed by atoms with van der Waals surface area (Å²) in [6.45, 7) is 6.83. The van der Waals surface area contributed by atoms with Gasteiger partial charge in [0.05, 0.1) is 19.6 Å². The Kier molecular flexibility index (Phi) is 5.64. The molecule has 1 aliphatic rings. The van der Waals surface area contributed by atoms with Crippen molar-refractivity contribution in [3.63, 3.8) is 0 Å². The molecule has 1 rings (SSSR count). The molecule has 0 spiro atoms. The number of rotatable bonds is 5. The Bertz CT molecular complexity index is 265. The molecule has 3 heteroatoms. The fraction of sp³-hybridized carbons (Fsp3) is 0.933. The molecular formula is C15H28O3. The summed E-state index contributed by atoms with van der Waals surface area (Å²) in [6, 6.07) is 0. The average molecular weight is 256 g/mol. The number of carbonyl (C=O) groups is 1. The molecule has 0 saturated heterocycles. The molecule has 106 valence electrons. The minimum Gasteiger partial charge on any atom is -0.469 e. The molecule has 1 unspecified atom stereocenters. The predicted octanol–water partition coefficient (Wildman–Crippen LogP) is 3.01. The number of aliphatic hydroxyl groups is 1. The molecule has 3 nitrogen and oxygen atoms in total. The lowest BCUT2D eigenvalue weighted by molar-refractivity contribution is -0.149. The van der Waals surface area contributed by atoms with E-state index in [0.29, 0.717) is 11.3 Å². The van der Waals surface area contributed by atoms with E-state index in [9.17, 15) is 9.90 Å². The second kappa shape index (κ2) is 6.55. The lowest BCUT2D eigenvalue weighted by atomic mass is 9.66. The van der Waals surface area contributed by atoms with Crippen LogP contribution in [0.1, 0.15) is 52.9 Å². The smallest absolute Gasteiger partial charge is 0.311 e. The monoisotopic (exact) mass is 256 g/mol. The predicted molar refractivity (Wildman–Crippen MR) is 72.1 cm³/mol. The van der Waals surface area contributed by atoms with Crippen LogP contribution in [0.25, 0.3) is 0 Å². The van der Waals surface area contributed by atoms with Crippen LogP contribution in [0.4, 0.5) is 0 Å². The molecule has 0 radical (unpaired) electrons. The van der Waals surface area contributed by atoms with Gasteiger partial charge in [-0.3, -0.25) is 4.79 Å². The zero-order valence-electron chi connectivity index (χ0n) is 12.2. The van der Waals surface area contributed by atoms with Crippen LogP contribution in [-0.4, -0.2) is 24.8 Å². The molecule has 1 fully saturated rings. The van der Waals surface area contributed by atoms with E-state index < -0.39 is 0 Å². The van der Waals surface area contributed by atoms with Gasteiger partial charge in [0, 0.05) is 0 Å². The third-order valence-electron chi connectivity index (χ3n) is 5.06. The summed E-state index contributed by atoms with van der Waals surface area (Å²) in [5.74, 6) is 0.471. The number of esters is 1. The number of methoxy groups -OCH3 is 1. The zero-order chi connectivity index (χ0) is 13.8. The van der Waals surface area contributed by atoms with Gasteiger partial charge in [-0.05, 0) is 42.9 Å². The molecule has 0 aromatic carbocycles. The normalized spacial score (nSPS) is 26.7. The standard InChI is InChI=1S/C15H28O3/c1-5-15(2,3)12-8-6-11(7-9-12)13(10-16)14(17)18-4/h11-13,16H,5-10H2,1-4H3. The maximum Gasteiger partial charge on any atom is 0.311 e. The van der Waals surface area contributed by atoms with E-state index in [-0.39, 0.29) is 18.5 Å². The van der Waals surface area contributed by atoms with Gasteiger partial charge in [-0.25, -0.2) is 0 Å². The van der Waals surface area contributed by atoms with Crippen molar-refractivity contribution in [1.29, 1.82) is 0 Å². The first-order valence-corrected chi connectivity index (χ1v) is 7.15. The summed E-state index contributed by atoms with van der Waals surface area (Å²) in [5.41, 5.74) is 0.394. The molecule has 1 atom stereocenters. The minimum absolute atomic E-state index is 0.0841. The fourth-order valence-electron chi connectivity index (χ4n) is 3.16. The van der Waals surface area contributed by atoms with E-state index in [1.807, 2.05) is 0 Å². The van der Waals surface area contributed by atoms with E-state index in [2.05, 4.69) is 20.8 Å². The fourth-order valence-corrected chi connectivity index (χ4v) is 3.16. The molecule has 0 amide bonds. The van der Waals surface area contributed by atoms with E-state index in [1.54, 1.807) is 0 Å². The van der Waals surface area contributed by atoms with Crippen LogP contribution in [-0.2, 0) is 9.53 Å². The summed E-state index contributed by atoms with van der Waals surface area (Å²) in [5, 5.41) is 9.35. The molecule has 0 aliphatic heterocycles.